The average molecular weight is 411 g/mol. The molecule has 4 aromatic rings. The van der Waals surface area contributed by atoms with Crippen LogP contribution < -0.4 is 10.1 Å². The van der Waals surface area contributed by atoms with Crippen molar-refractivity contribution in [2.75, 3.05) is 5.32 Å². The molecule has 0 aliphatic heterocycles. The molecule has 2 heterocycles. The van der Waals surface area contributed by atoms with Crippen LogP contribution >= 0.6 is 0 Å². The molecular formula is C21H16F3N5O. The van der Waals surface area contributed by atoms with Crippen LogP contribution in [-0.4, -0.2) is 20.2 Å². The van der Waals surface area contributed by atoms with Gasteiger partial charge in [-0.05, 0) is 55.5 Å². The summed E-state index contributed by atoms with van der Waals surface area (Å²) in [5.74, 6) is 1.96. The molecular weight excluding hydrogens is 395 g/mol. The summed E-state index contributed by atoms with van der Waals surface area (Å²) in [6, 6.07) is 15.6. The van der Waals surface area contributed by atoms with Crippen LogP contribution in [0.25, 0.3) is 11.4 Å². The molecule has 0 saturated carbocycles. The third-order valence-electron chi connectivity index (χ3n) is 4.16. The minimum atomic E-state index is -4.42. The van der Waals surface area contributed by atoms with E-state index in [0.717, 1.165) is 23.4 Å². The standard InChI is InChI=1S/C21H16F3N5O/c1-13-11-18(9-10-25-13)30-17-7-5-14(6-8-17)19-27-20(29-28-19)26-16-4-2-3-15(12-16)21(22,23)24/h2-12H,1H3,(H2,26,27,28,29). The number of aromatic nitrogens is 4. The van der Waals surface area contributed by atoms with Gasteiger partial charge < -0.3 is 10.1 Å². The number of hydrogen-bond acceptors (Lipinski definition) is 5. The molecule has 0 aliphatic rings. The second-order valence-corrected chi connectivity index (χ2v) is 6.47. The van der Waals surface area contributed by atoms with Gasteiger partial charge in [-0.3, -0.25) is 10.1 Å². The second-order valence-electron chi connectivity index (χ2n) is 6.47. The second kappa shape index (κ2) is 7.86. The van der Waals surface area contributed by atoms with E-state index < -0.39 is 11.7 Å². The number of ether oxygens (including phenoxy) is 1. The number of H-pyrrole nitrogens is 1. The molecule has 0 bridgehead atoms. The Kier molecular flexibility index (Phi) is 5.09. The number of aromatic amines is 1. The van der Waals surface area contributed by atoms with Crippen molar-refractivity contribution >= 4 is 11.6 Å². The van der Waals surface area contributed by atoms with Crippen LogP contribution in [0.15, 0.2) is 66.9 Å². The van der Waals surface area contributed by atoms with E-state index in [2.05, 4.69) is 25.5 Å². The predicted octanol–water partition coefficient (Wildman–Crippen LogP) is 5.73. The highest BCUT2D eigenvalue weighted by Gasteiger charge is 2.30. The van der Waals surface area contributed by atoms with Gasteiger partial charge in [0.15, 0.2) is 5.82 Å². The van der Waals surface area contributed by atoms with Crippen LogP contribution in [0, 0.1) is 6.92 Å². The van der Waals surface area contributed by atoms with Gasteiger partial charge in [-0.15, -0.1) is 5.10 Å². The van der Waals surface area contributed by atoms with E-state index in [9.17, 15) is 13.2 Å². The molecule has 0 radical (unpaired) electrons. The summed E-state index contributed by atoms with van der Waals surface area (Å²) in [6.07, 6.45) is -2.74. The van der Waals surface area contributed by atoms with E-state index in [1.807, 2.05) is 13.0 Å². The van der Waals surface area contributed by atoms with Crippen molar-refractivity contribution in [1.82, 2.24) is 20.2 Å². The zero-order valence-electron chi connectivity index (χ0n) is 15.7. The maximum Gasteiger partial charge on any atom is 0.416 e. The zero-order valence-corrected chi connectivity index (χ0v) is 15.7. The van der Waals surface area contributed by atoms with Gasteiger partial charge in [0.1, 0.15) is 11.5 Å². The van der Waals surface area contributed by atoms with Crippen LogP contribution in [0.5, 0.6) is 11.5 Å². The minimum absolute atomic E-state index is 0.164. The number of anilines is 2. The molecule has 0 fully saturated rings. The largest absolute Gasteiger partial charge is 0.457 e. The number of aryl methyl sites for hydroxylation is 1. The van der Waals surface area contributed by atoms with Gasteiger partial charge in [0.05, 0.1) is 5.56 Å². The maximum absolute atomic E-state index is 12.8. The molecule has 30 heavy (non-hydrogen) atoms. The number of pyridine rings is 1. The van der Waals surface area contributed by atoms with E-state index in [0.29, 0.717) is 17.3 Å². The Morgan fingerprint density at radius 3 is 2.50 bits per heavy atom. The van der Waals surface area contributed by atoms with Crippen LogP contribution in [0.2, 0.25) is 0 Å². The Bertz CT molecular complexity index is 1160. The number of halogens is 3. The highest BCUT2D eigenvalue weighted by atomic mass is 19.4. The summed E-state index contributed by atoms with van der Waals surface area (Å²) in [5, 5.41) is 9.55. The van der Waals surface area contributed by atoms with Gasteiger partial charge in [0, 0.05) is 29.2 Å². The van der Waals surface area contributed by atoms with Gasteiger partial charge >= 0.3 is 6.18 Å². The van der Waals surface area contributed by atoms with Gasteiger partial charge in [-0.2, -0.15) is 18.2 Å². The SMILES string of the molecule is Cc1cc(Oc2ccc(-c3nc(Nc4cccc(C(F)(F)F)c4)n[nH]3)cc2)ccn1. The average Bonchev–Trinajstić information content (AvgIpc) is 3.17. The number of hydrogen-bond donors (Lipinski definition) is 2. The summed E-state index contributed by atoms with van der Waals surface area (Å²) in [5.41, 5.74) is 1.10. The Labute approximate surface area is 169 Å². The Morgan fingerprint density at radius 1 is 0.967 bits per heavy atom. The summed E-state index contributed by atoms with van der Waals surface area (Å²) < 4.78 is 44.3. The fraction of sp³-hybridized carbons (Fsp3) is 0.0952. The molecule has 0 spiro atoms. The van der Waals surface area contributed by atoms with Crippen molar-refractivity contribution < 1.29 is 17.9 Å². The molecule has 0 saturated heterocycles. The first-order valence-corrected chi connectivity index (χ1v) is 8.94. The molecule has 0 aliphatic carbocycles. The van der Waals surface area contributed by atoms with E-state index >= 15 is 0 Å². The lowest BCUT2D eigenvalue weighted by Gasteiger charge is -2.08. The number of benzene rings is 2. The molecule has 0 atom stereocenters. The van der Waals surface area contributed by atoms with E-state index in [4.69, 9.17) is 4.74 Å². The van der Waals surface area contributed by atoms with Gasteiger partial charge in [-0.1, -0.05) is 6.07 Å². The molecule has 2 aromatic heterocycles. The molecule has 6 nitrogen and oxygen atoms in total. The zero-order chi connectivity index (χ0) is 21.1. The molecule has 0 unspecified atom stereocenters. The summed E-state index contributed by atoms with van der Waals surface area (Å²) >= 11 is 0. The Balaban J connectivity index is 1.46. The smallest absolute Gasteiger partial charge is 0.416 e. The molecule has 4 rings (SSSR count). The molecule has 152 valence electrons. The van der Waals surface area contributed by atoms with Crippen LogP contribution in [-0.2, 0) is 6.18 Å². The number of nitrogens with one attached hydrogen (secondary N) is 2. The van der Waals surface area contributed by atoms with Crippen molar-refractivity contribution in [3.63, 3.8) is 0 Å². The maximum atomic E-state index is 12.8. The van der Waals surface area contributed by atoms with Crippen LogP contribution in [0.3, 0.4) is 0 Å². The monoisotopic (exact) mass is 411 g/mol. The lowest BCUT2D eigenvalue weighted by molar-refractivity contribution is -0.137. The summed E-state index contributed by atoms with van der Waals surface area (Å²) in [4.78, 5) is 8.41. The third kappa shape index (κ3) is 4.57. The first-order chi connectivity index (χ1) is 14.4. The van der Waals surface area contributed by atoms with Crippen molar-refractivity contribution in [2.24, 2.45) is 0 Å². The molecule has 0 amide bonds. The fourth-order valence-electron chi connectivity index (χ4n) is 2.75. The summed E-state index contributed by atoms with van der Waals surface area (Å²) in [7, 11) is 0. The number of alkyl halides is 3. The fourth-order valence-corrected chi connectivity index (χ4v) is 2.75. The topological polar surface area (TPSA) is 75.7 Å². The lowest BCUT2D eigenvalue weighted by atomic mass is 10.2. The quantitative estimate of drug-likeness (QED) is 0.439. The number of rotatable bonds is 5. The first-order valence-electron chi connectivity index (χ1n) is 8.94. The minimum Gasteiger partial charge on any atom is -0.457 e. The number of nitrogens with zero attached hydrogens (tertiary/aromatic N) is 3. The molecule has 9 heteroatoms. The first kappa shape index (κ1) is 19.4. The molecule has 2 N–H and O–H groups in total. The van der Waals surface area contributed by atoms with Gasteiger partial charge in [0.25, 0.3) is 0 Å². The van der Waals surface area contributed by atoms with Gasteiger partial charge in [-0.25, -0.2) is 0 Å². The van der Waals surface area contributed by atoms with Crippen LogP contribution in [0.4, 0.5) is 24.8 Å². The van der Waals surface area contributed by atoms with Crippen molar-refractivity contribution in [3.05, 3.63) is 78.1 Å². The van der Waals surface area contributed by atoms with Gasteiger partial charge in [0.2, 0.25) is 5.95 Å². The van der Waals surface area contributed by atoms with E-state index in [1.165, 1.54) is 12.1 Å². The van der Waals surface area contributed by atoms with Crippen molar-refractivity contribution in [3.8, 4) is 22.9 Å². The van der Waals surface area contributed by atoms with Crippen molar-refractivity contribution in [1.29, 1.82) is 0 Å². The normalized spacial score (nSPS) is 11.3. The van der Waals surface area contributed by atoms with E-state index in [1.54, 1.807) is 36.5 Å². The van der Waals surface area contributed by atoms with Crippen molar-refractivity contribution in [2.45, 2.75) is 13.1 Å². The lowest BCUT2D eigenvalue weighted by Crippen LogP contribution is -2.05. The molecule has 2 aromatic carbocycles. The highest BCUT2D eigenvalue weighted by molar-refractivity contribution is 5.60. The Hall–Kier alpha value is -3.88. The highest BCUT2D eigenvalue weighted by Crippen LogP contribution is 2.31. The predicted molar refractivity (Wildman–Crippen MR) is 106 cm³/mol. The van der Waals surface area contributed by atoms with Crippen LogP contribution in [0.1, 0.15) is 11.3 Å². The van der Waals surface area contributed by atoms with E-state index in [-0.39, 0.29) is 11.6 Å². The Morgan fingerprint density at radius 2 is 1.77 bits per heavy atom. The third-order valence-corrected chi connectivity index (χ3v) is 4.16. The summed E-state index contributed by atoms with van der Waals surface area (Å²) in [6.45, 7) is 1.88.